The first-order valence-electron chi connectivity index (χ1n) is 7.85. The molecule has 0 bridgehead atoms. The minimum absolute atomic E-state index is 0.222. The van der Waals surface area contributed by atoms with E-state index >= 15 is 0 Å². The van der Waals surface area contributed by atoms with E-state index in [1.54, 1.807) is 12.1 Å². The van der Waals surface area contributed by atoms with Crippen molar-refractivity contribution in [2.75, 3.05) is 6.61 Å². The van der Waals surface area contributed by atoms with E-state index in [2.05, 4.69) is 5.10 Å². The Kier molecular flexibility index (Phi) is 4.50. The highest BCUT2D eigenvalue weighted by Crippen LogP contribution is 2.42. The number of carbonyl (C=O) groups excluding carboxylic acids is 1. The van der Waals surface area contributed by atoms with E-state index in [1.165, 1.54) is 6.20 Å². The van der Waals surface area contributed by atoms with Gasteiger partial charge in [-0.15, -0.1) is 4.85 Å². The van der Waals surface area contributed by atoms with Crippen LogP contribution in [0.4, 0.5) is 0 Å². The molecule has 6 heteroatoms. The molecular weight excluding hydrogens is 296 g/mol. The van der Waals surface area contributed by atoms with Gasteiger partial charge in [0.1, 0.15) is 6.61 Å². The van der Waals surface area contributed by atoms with Crippen LogP contribution in [0.15, 0.2) is 30.5 Å². The summed E-state index contributed by atoms with van der Waals surface area (Å²) in [7, 11) is 0. The van der Waals surface area contributed by atoms with Gasteiger partial charge in [0.2, 0.25) is 5.88 Å². The smallest absolute Gasteiger partial charge is 0.338 e. The van der Waals surface area contributed by atoms with E-state index in [0.717, 1.165) is 30.4 Å². The number of aromatic nitrogens is 2. The van der Waals surface area contributed by atoms with Crippen molar-refractivity contribution in [1.82, 2.24) is 9.94 Å². The number of nitrogens with zero attached hydrogens (tertiary/aromatic N) is 2. The number of rotatable bonds is 7. The minimum atomic E-state index is -0.319. The molecule has 0 radical (unpaired) electrons. The molecule has 1 heterocycles. The number of hydrogen-bond donors (Lipinski definition) is 1. The molecule has 0 saturated heterocycles. The Hall–Kier alpha value is -2.50. The highest BCUT2D eigenvalue weighted by molar-refractivity contribution is 5.91. The molecule has 2 aromatic rings. The third kappa shape index (κ3) is 3.64. The van der Waals surface area contributed by atoms with Gasteiger partial charge in [-0.1, -0.05) is 24.2 Å². The molecule has 0 unspecified atom stereocenters. The van der Waals surface area contributed by atoms with Gasteiger partial charge in [0, 0.05) is 11.6 Å². The summed E-state index contributed by atoms with van der Waals surface area (Å²) in [4.78, 5) is 13.0. The van der Waals surface area contributed by atoms with E-state index in [-0.39, 0.29) is 12.6 Å². The molecule has 0 aliphatic heterocycles. The van der Waals surface area contributed by atoms with E-state index in [9.17, 15) is 10.0 Å². The summed E-state index contributed by atoms with van der Waals surface area (Å²) in [5.74, 6) is 0.481. The zero-order chi connectivity index (χ0) is 16.2. The first-order valence-corrected chi connectivity index (χ1v) is 7.85. The predicted molar refractivity (Wildman–Crippen MR) is 82.7 cm³/mol. The third-order valence-corrected chi connectivity index (χ3v) is 3.80. The quantitative estimate of drug-likeness (QED) is 0.627. The molecule has 1 N–H and O–H groups in total. The maximum Gasteiger partial charge on any atom is 0.338 e. The van der Waals surface area contributed by atoms with Crippen LogP contribution in [0.2, 0.25) is 0 Å². The summed E-state index contributed by atoms with van der Waals surface area (Å²) in [5.41, 5.74) is 2.54. The van der Waals surface area contributed by atoms with Crippen LogP contribution in [-0.2, 0) is 11.3 Å². The lowest BCUT2D eigenvalue weighted by atomic mass is 9.98. The Bertz CT molecular complexity index is 692. The lowest BCUT2D eigenvalue weighted by molar-refractivity contribution is 0.0501. The van der Waals surface area contributed by atoms with Crippen molar-refractivity contribution in [2.45, 2.75) is 38.7 Å². The van der Waals surface area contributed by atoms with Crippen molar-refractivity contribution in [1.29, 1.82) is 0 Å². The van der Waals surface area contributed by atoms with Gasteiger partial charge in [0.25, 0.3) is 0 Å². The van der Waals surface area contributed by atoms with Crippen molar-refractivity contribution >= 4 is 5.97 Å². The highest BCUT2D eigenvalue weighted by atomic mass is 16.5. The van der Waals surface area contributed by atoms with Crippen LogP contribution < -0.4 is 4.74 Å². The molecule has 1 aromatic heterocycles. The van der Waals surface area contributed by atoms with Gasteiger partial charge in [-0.25, -0.2) is 4.79 Å². The third-order valence-electron chi connectivity index (χ3n) is 3.80. The van der Waals surface area contributed by atoms with Crippen LogP contribution in [-0.4, -0.2) is 27.7 Å². The van der Waals surface area contributed by atoms with Crippen molar-refractivity contribution < 1.29 is 19.5 Å². The number of hydrogen-bond acceptors (Lipinski definition) is 5. The van der Waals surface area contributed by atoms with Crippen LogP contribution in [0.1, 0.15) is 53.6 Å². The summed E-state index contributed by atoms with van der Waals surface area (Å²) in [5, 5.41) is 13.0. The lowest BCUT2D eigenvalue weighted by Crippen LogP contribution is -2.12. The number of carbonyl (C=O) groups is 1. The molecule has 3 rings (SSSR count). The maximum absolute atomic E-state index is 12.3. The highest BCUT2D eigenvalue weighted by Gasteiger charge is 2.28. The molecule has 6 nitrogen and oxygen atoms in total. The fourth-order valence-electron chi connectivity index (χ4n) is 2.53. The van der Waals surface area contributed by atoms with Crippen LogP contribution in [0, 0.1) is 0 Å². The normalized spacial score (nSPS) is 13.8. The van der Waals surface area contributed by atoms with E-state index in [4.69, 9.17) is 9.47 Å². The van der Waals surface area contributed by atoms with Crippen LogP contribution in [0.25, 0.3) is 0 Å². The molecule has 0 atom stereocenters. The second kappa shape index (κ2) is 6.73. The standard InChI is InChI=1S/C17H20N2O4/c1-2-10-22-17(20)14-5-3-4-13(12-6-7-12)15(14)11-23-16-8-9-19(21)18-16/h3-5,8-9,12,21H,2,6-7,10-11H2,1H3. The van der Waals surface area contributed by atoms with Crippen molar-refractivity contribution in [3.63, 3.8) is 0 Å². The zero-order valence-electron chi connectivity index (χ0n) is 13.1. The summed E-state index contributed by atoms with van der Waals surface area (Å²) in [6, 6.07) is 7.27. The van der Waals surface area contributed by atoms with Crippen molar-refractivity contribution in [3.05, 3.63) is 47.2 Å². The van der Waals surface area contributed by atoms with Gasteiger partial charge < -0.3 is 14.7 Å². The second-order valence-electron chi connectivity index (χ2n) is 5.65. The maximum atomic E-state index is 12.3. The monoisotopic (exact) mass is 316 g/mol. The molecule has 1 aromatic carbocycles. The Labute approximate surface area is 134 Å². The molecule has 1 fully saturated rings. The van der Waals surface area contributed by atoms with Crippen molar-refractivity contribution in [3.8, 4) is 5.88 Å². The first kappa shape index (κ1) is 15.4. The molecule has 122 valence electrons. The molecule has 1 saturated carbocycles. The zero-order valence-corrected chi connectivity index (χ0v) is 13.1. The minimum Gasteiger partial charge on any atom is -0.472 e. The Balaban J connectivity index is 1.83. The first-order chi connectivity index (χ1) is 11.2. The fourth-order valence-corrected chi connectivity index (χ4v) is 2.53. The van der Waals surface area contributed by atoms with Crippen LogP contribution >= 0.6 is 0 Å². The Morgan fingerprint density at radius 3 is 2.87 bits per heavy atom. The summed E-state index contributed by atoms with van der Waals surface area (Å²) >= 11 is 0. The Morgan fingerprint density at radius 2 is 2.22 bits per heavy atom. The molecular formula is C17H20N2O4. The van der Waals surface area contributed by atoms with Crippen LogP contribution in [0.5, 0.6) is 5.88 Å². The SMILES string of the molecule is CCCOC(=O)c1cccc(C2CC2)c1COc1ccn(O)n1. The lowest BCUT2D eigenvalue weighted by Gasteiger charge is -2.14. The van der Waals surface area contributed by atoms with Gasteiger partial charge in [-0.3, -0.25) is 0 Å². The average molecular weight is 316 g/mol. The van der Waals surface area contributed by atoms with Gasteiger partial charge >= 0.3 is 5.97 Å². The Morgan fingerprint density at radius 1 is 1.39 bits per heavy atom. The second-order valence-corrected chi connectivity index (χ2v) is 5.65. The fraction of sp³-hybridized carbons (Fsp3) is 0.412. The van der Waals surface area contributed by atoms with Crippen LogP contribution in [0.3, 0.4) is 0 Å². The van der Waals surface area contributed by atoms with E-state index < -0.39 is 0 Å². The van der Waals surface area contributed by atoms with Gasteiger partial charge in [0.05, 0.1) is 18.4 Å². The van der Waals surface area contributed by atoms with Gasteiger partial charge in [-0.05, 0) is 36.8 Å². The number of benzene rings is 1. The van der Waals surface area contributed by atoms with E-state index in [0.29, 0.717) is 28.8 Å². The van der Waals surface area contributed by atoms with Crippen molar-refractivity contribution in [2.24, 2.45) is 0 Å². The molecule has 0 spiro atoms. The summed E-state index contributed by atoms with van der Waals surface area (Å²) in [6.07, 6.45) is 4.43. The van der Waals surface area contributed by atoms with E-state index in [1.807, 2.05) is 19.1 Å². The number of ether oxygens (including phenoxy) is 2. The predicted octanol–water partition coefficient (Wildman–Crippen LogP) is 3.14. The molecule has 1 aliphatic carbocycles. The van der Waals surface area contributed by atoms with Gasteiger partial charge in [0.15, 0.2) is 0 Å². The molecule has 0 amide bonds. The molecule has 23 heavy (non-hydrogen) atoms. The number of esters is 1. The summed E-state index contributed by atoms with van der Waals surface area (Å²) < 4.78 is 10.9. The van der Waals surface area contributed by atoms with Gasteiger partial charge in [-0.2, -0.15) is 0 Å². The largest absolute Gasteiger partial charge is 0.472 e. The molecule has 1 aliphatic rings. The topological polar surface area (TPSA) is 73.6 Å². The average Bonchev–Trinajstić information content (AvgIpc) is 3.32. The summed E-state index contributed by atoms with van der Waals surface area (Å²) in [6.45, 7) is 2.59.